The van der Waals surface area contributed by atoms with Crippen LogP contribution in [0.5, 0.6) is 0 Å². The number of rotatable bonds is 5. The molecule has 1 fully saturated rings. The SMILES string of the molecule is Cc1nn(CCNC(=O)NC2CCCCC2)c(C)c1[N+](=O)[O-]. The van der Waals surface area contributed by atoms with Crippen molar-refractivity contribution in [2.75, 3.05) is 6.54 Å². The van der Waals surface area contributed by atoms with Gasteiger partial charge in [-0.25, -0.2) is 4.79 Å². The summed E-state index contributed by atoms with van der Waals surface area (Å²) in [5, 5.41) is 20.8. The van der Waals surface area contributed by atoms with Gasteiger partial charge in [-0.05, 0) is 26.7 Å². The van der Waals surface area contributed by atoms with Crippen LogP contribution in [0.3, 0.4) is 0 Å². The van der Waals surface area contributed by atoms with E-state index in [-0.39, 0.29) is 17.8 Å². The van der Waals surface area contributed by atoms with Crippen molar-refractivity contribution in [3.05, 3.63) is 21.5 Å². The van der Waals surface area contributed by atoms with E-state index in [1.54, 1.807) is 18.5 Å². The number of carbonyl (C=O) groups excluding carboxylic acids is 1. The summed E-state index contributed by atoms with van der Waals surface area (Å²) in [5.74, 6) is 0. The number of aryl methyl sites for hydroxylation is 1. The van der Waals surface area contributed by atoms with Gasteiger partial charge in [0.05, 0.1) is 11.5 Å². The van der Waals surface area contributed by atoms with Gasteiger partial charge in [-0.3, -0.25) is 14.8 Å². The number of aromatic nitrogens is 2. The summed E-state index contributed by atoms with van der Waals surface area (Å²) in [7, 11) is 0. The minimum Gasteiger partial charge on any atom is -0.336 e. The molecule has 0 atom stereocenters. The molecule has 8 heteroatoms. The minimum atomic E-state index is -0.419. The highest BCUT2D eigenvalue weighted by Gasteiger charge is 2.21. The fourth-order valence-electron chi connectivity index (χ4n) is 2.93. The molecule has 1 aliphatic rings. The molecule has 2 rings (SSSR count). The van der Waals surface area contributed by atoms with Gasteiger partial charge in [0.25, 0.3) is 0 Å². The van der Waals surface area contributed by atoms with Crippen molar-refractivity contribution in [2.24, 2.45) is 0 Å². The third-order valence-electron chi connectivity index (χ3n) is 4.08. The molecular weight excluding hydrogens is 286 g/mol. The Kier molecular flexibility index (Phi) is 5.35. The first kappa shape index (κ1) is 16.3. The molecule has 1 aromatic heterocycles. The maximum atomic E-state index is 11.8. The summed E-state index contributed by atoms with van der Waals surface area (Å²) >= 11 is 0. The zero-order chi connectivity index (χ0) is 16.1. The van der Waals surface area contributed by atoms with E-state index < -0.39 is 4.92 Å². The highest BCUT2D eigenvalue weighted by Crippen LogP contribution is 2.21. The number of carbonyl (C=O) groups is 1. The van der Waals surface area contributed by atoms with Gasteiger partial charge in [0.15, 0.2) is 0 Å². The summed E-state index contributed by atoms with van der Waals surface area (Å²) in [5.41, 5.74) is 0.956. The maximum absolute atomic E-state index is 11.8. The van der Waals surface area contributed by atoms with Crippen molar-refractivity contribution in [2.45, 2.75) is 58.5 Å². The Morgan fingerprint density at radius 2 is 2.05 bits per heavy atom. The number of amides is 2. The Morgan fingerprint density at radius 1 is 1.36 bits per heavy atom. The Bertz CT molecular complexity index is 549. The van der Waals surface area contributed by atoms with Gasteiger partial charge in [0, 0.05) is 12.6 Å². The summed E-state index contributed by atoms with van der Waals surface area (Å²) < 4.78 is 1.56. The molecule has 1 aromatic rings. The molecule has 0 bridgehead atoms. The monoisotopic (exact) mass is 309 g/mol. The molecule has 0 saturated heterocycles. The van der Waals surface area contributed by atoms with Crippen molar-refractivity contribution < 1.29 is 9.72 Å². The summed E-state index contributed by atoms with van der Waals surface area (Å²) in [6, 6.07) is 0.0893. The highest BCUT2D eigenvalue weighted by molar-refractivity contribution is 5.74. The second-order valence-corrected chi connectivity index (χ2v) is 5.73. The number of hydrogen-bond acceptors (Lipinski definition) is 4. The average molecular weight is 309 g/mol. The number of nitro groups is 1. The van der Waals surface area contributed by atoms with Crippen molar-refractivity contribution in [3.8, 4) is 0 Å². The Hall–Kier alpha value is -2.12. The standard InChI is InChI=1S/C14H23N5O3/c1-10-13(19(21)22)11(2)18(17-10)9-8-15-14(20)16-12-6-4-3-5-7-12/h12H,3-9H2,1-2H3,(H2,15,16,20). The zero-order valence-electron chi connectivity index (χ0n) is 13.1. The van der Waals surface area contributed by atoms with Gasteiger partial charge < -0.3 is 10.6 Å². The number of nitrogens with one attached hydrogen (secondary N) is 2. The number of nitrogens with zero attached hydrogens (tertiary/aromatic N) is 3. The van der Waals surface area contributed by atoms with Crippen molar-refractivity contribution >= 4 is 11.7 Å². The van der Waals surface area contributed by atoms with Crippen LogP contribution in [0.25, 0.3) is 0 Å². The molecular formula is C14H23N5O3. The van der Waals surface area contributed by atoms with E-state index >= 15 is 0 Å². The molecule has 0 spiro atoms. The quantitative estimate of drug-likeness (QED) is 0.641. The van der Waals surface area contributed by atoms with E-state index in [0.29, 0.717) is 24.5 Å². The van der Waals surface area contributed by atoms with E-state index in [0.717, 1.165) is 12.8 Å². The van der Waals surface area contributed by atoms with Gasteiger partial charge >= 0.3 is 11.7 Å². The second-order valence-electron chi connectivity index (χ2n) is 5.73. The van der Waals surface area contributed by atoms with Gasteiger partial charge in [0.2, 0.25) is 0 Å². The van der Waals surface area contributed by atoms with E-state index in [9.17, 15) is 14.9 Å². The van der Waals surface area contributed by atoms with Gasteiger partial charge in [0.1, 0.15) is 11.4 Å². The van der Waals surface area contributed by atoms with E-state index in [1.165, 1.54) is 19.3 Å². The Labute approximate surface area is 129 Å². The predicted octanol–water partition coefficient (Wildman–Crippen LogP) is 2.04. The van der Waals surface area contributed by atoms with Crippen molar-refractivity contribution in [1.29, 1.82) is 0 Å². The second kappa shape index (κ2) is 7.24. The normalized spacial score (nSPS) is 15.5. The number of urea groups is 1. The molecule has 0 aliphatic heterocycles. The van der Waals surface area contributed by atoms with Gasteiger partial charge in [-0.2, -0.15) is 5.10 Å². The molecule has 2 N–H and O–H groups in total. The molecule has 0 radical (unpaired) electrons. The molecule has 0 aromatic carbocycles. The molecule has 1 aliphatic carbocycles. The molecule has 0 unspecified atom stereocenters. The van der Waals surface area contributed by atoms with Crippen molar-refractivity contribution in [1.82, 2.24) is 20.4 Å². The van der Waals surface area contributed by atoms with Crippen LogP contribution in [0.4, 0.5) is 10.5 Å². The third-order valence-corrected chi connectivity index (χ3v) is 4.08. The minimum absolute atomic E-state index is 0.0478. The van der Waals surface area contributed by atoms with Crippen LogP contribution < -0.4 is 10.6 Å². The lowest BCUT2D eigenvalue weighted by Gasteiger charge is -2.22. The Morgan fingerprint density at radius 3 is 2.64 bits per heavy atom. The first-order valence-electron chi connectivity index (χ1n) is 7.72. The van der Waals surface area contributed by atoms with Crippen LogP contribution in [-0.2, 0) is 6.54 Å². The summed E-state index contributed by atoms with van der Waals surface area (Å²) in [6.45, 7) is 4.08. The molecule has 1 saturated carbocycles. The largest absolute Gasteiger partial charge is 0.336 e. The average Bonchev–Trinajstić information content (AvgIpc) is 2.74. The fraction of sp³-hybridized carbons (Fsp3) is 0.714. The lowest BCUT2D eigenvalue weighted by molar-refractivity contribution is -0.386. The third kappa shape index (κ3) is 3.96. The van der Waals surface area contributed by atoms with Crippen LogP contribution >= 0.6 is 0 Å². The first-order valence-corrected chi connectivity index (χ1v) is 7.72. The molecule has 122 valence electrons. The first-order chi connectivity index (χ1) is 10.5. The number of hydrogen-bond donors (Lipinski definition) is 2. The molecule has 8 nitrogen and oxygen atoms in total. The lowest BCUT2D eigenvalue weighted by Crippen LogP contribution is -2.43. The summed E-state index contributed by atoms with van der Waals surface area (Å²) in [6.07, 6.45) is 5.66. The molecule has 1 heterocycles. The highest BCUT2D eigenvalue weighted by atomic mass is 16.6. The van der Waals surface area contributed by atoms with Crippen LogP contribution in [0.1, 0.15) is 43.5 Å². The predicted molar refractivity (Wildman–Crippen MR) is 81.8 cm³/mol. The topological polar surface area (TPSA) is 102 Å². The maximum Gasteiger partial charge on any atom is 0.315 e. The van der Waals surface area contributed by atoms with Gasteiger partial charge in [-0.1, -0.05) is 19.3 Å². The molecule has 22 heavy (non-hydrogen) atoms. The lowest BCUT2D eigenvalue weighted by atomic mass is 9.96. The van der Waals surface area contributed by atoms with E-state index in [4.69, 9.17) is 0 Å². The molecule has 2 amide bonds. The van der Waals surface area contributed by atoms with Crippen LogP contribution in [0, 0.1) is 24.0 Å². The van der Waals surface area contributed by atoms with Crippen LogP contribution in [0.15, 0.2) is 0 Å². The van der Waals surface area contributed by atoms with Crippen molar-refractivity contribution in [3.63, 3.8) is 0 Å². The smallest absolute Gasteiger partial charge is 0.315 e. The van der Waals surface area contributed by atoms with E-state index in [1.807, 2.05) is 0 Å². The van der Waals surface area contributed by atoms with Crippen LogP contribution in [-0.4, -0.2) is 33.3 Å². The zero-order valence-corrected chi connectivity index (χ0v) is 13.1. The summed E-state index contributed by atoms with van der Waals surface area (Å²) in [4.78, 5) is 22.3. The van der Waals surface area contributed by atoms with E-state index in [2.05, 4.69) is 15.7 Å². The van der Waals surface area contributed by atoms with Crippen LogP contribution in [0.2, 0.25) is 0 Å². The fourth-order valence-corrected chi connectivity index (χ4v) is 2.93. The Balaban J connectivity index is 1.79. The van der Waals surface area contributed by atoms with Gasteiger partial charge in [-0.15, -0.1) is 0 Å².